The molecule has 2 fully saturated rings. The van der Waals surface area contributed by atoms with Gasteiger partial charge in [0.25, 0.3) is 5.91 Å². The Bertz CT molecular complexity index is 1400. The first kappa shape index (κ1) is 24.8. The molecule has 0 bridgehead atoms. The molecular weight excluding hydrogens is 501 g/mol. The minimum Gasteiger partial charge on any atom is -0.306 e. The third-order valence-electron chi connectivity index (χ3n) is 8.03. The van der Waals surface area contributed by atoms with Gasteiger partial charge in [-0.05, 0) is 47.8 Å². The van der Waals surface area contributed by atoms with E-state index in [0.717, 1.165) is 22.4 Å². The molecule has 2 saturated heterocycles. The highest BCUT2D eigenvalue weighted by atomic mass is 32.2. The van der Waals surface area contributed by atoms with Crippen LogP contribution in [0.2, 0.25) is 0 Å². The van der Waals surface area contributed by atoms with Crippen molar-refractivity contribution in [3.63, 3.8) is 0 Å². The molecule has 0 aromatic heterocycles. The molecule has 38 heavy (non-hydrogen) atoms. The van der Waals surface area contributed by atoms with E-state index in [0.29, 0.717) is 12.1 Å². The first-order chi connectivity index (χ1) is 18.5. The highest BCUT2D eigenvalue weighted by Crippen LogP contribution is 2.55. The molecule has 6 rings (SSSR count). The Morgan fingerprint density at radius 2 is 1.50 bits per heavy atom. The average molecular weight is 530 g/mol. The van der Waals surface area contributed by atoms with Crippen LogP contribution in [0.3, 0.4) is 0 Å². The van der Waals surface area contributed by atoms with Crippen molar-refractivity contribution in [2.24, 2.45) is 11.8 Å². The summed E-state index contributed by atoms with van der Waals surface area (Å²) in [7, 11) is 0. The maximum atomic E-state index is 14.4. The lowest BCUT2D eigenvalue weighted by atomic mass is 9.76. The van der Waals surface area contributed by atoms with Gasteiger partial charge in [0.1, 0.15) is 11.4 Å². The lowest BCUT2D eigenvalue weighted by Gasteiger charge is -2.30. The second kappa shape index (κ2) is 9.67. The lowest BCUT2D eigenvalue weighted by Crippen LogP contribution is -2.55. The van der Waals surface area contributed by atoms with Crippen LogP contribution in [0.25, 0.3) is 0 Å². The van der Waals surface area contributed by atoms with Crippen LogP contribution in [0.5, 0.6) is 0 Å². The van der Waals surface area contributed by atoms with Crippen molar-refractivity contribution >= 4 is 35.2 Å². The molecule has 1 N–H and O–H groups in total. The summed E-state index contributed by atoms with van der Waals surface area (Å²) in [6, 6.07) is 22.7. The Hall–Kier alpha value is -3.49. The summed E-state index contributed by atoms with van der Waals surface area (Å²) in [6.45, 7) is 0.425. The molecule has 0 aliphatic carbocycles. The van der Waals surface area contributed by atoms with Gasteiger partial charge in [0.05, 0.1) is 24.9 Å². The van der Waals surface area contributed by atoms with Crippen LogP contribution in [0.4, 0.5) is 10.1 Å². The maximum absolute atomic E-state index is 14.4. The van der Waals surface area contributed by atoms with E-state index in [-0.39, 0.29) is 42.7 Å². The van der Waals surface area contributed by atoms with Crippen LogP contribution in [-0.2, 0) is 33.0 Å². The third-order valence-corrected chi connectivity index (χ3v) is 8.67. The molecule has 3 aliphatic heterocycles. The summed E-state index contributed by atoms with van der Waals surface area (Å²) < 4.78 is 13.6. The Balaban J connectivity index is 1.43. The molecule has 6 nitrogen and oxygen atoms in total. The Labute approximate surface area is 225 Å². The molecule has 3 aliphatic rings. The molecule has 0 radical (unpaired) electrons. The first-order valence-corrected chi connectivity index (χ1v) is 14.2. The molecule has 8 heteroatoms. The summed E-state index contributed by atoms with van der Waals surface area (Å²) in [6.07, 6.45) is 2.67. The predicted octanol–water partition coefficient (Wildman–Crippen LogP) is 4.09. The predicted molar refractivity (Wildman–Crippen MR) is 145 cm³/mol. The number of benzene rings is 3. The van der Waals surface area contributed by atoms with E-state index in [1.165, 1.54) is 17.0 Å². The van der Waals surface area contributed by atoms with Crippen LogP contribution < -0.4 is 10.2 Å². The Kier molecular flexibility index (Phi) is 6.32. The van der Waals surface area contributed by atoms with Crippen LogP contribution in [0, 0.1) is 17.7 Å². The second-order valence-electron chi connectivity index (χ2n) is 10.1. The van der Waals surface area contributed by atoms with Crippen molar-refractivity contribution in [1.29, 1.82) is 0 Å². The molecule has 3 heterocycles. The number of carbonyl (C=O) groups is 3. The van der Waals surface area contributed by atoms with E-state index in [2.05, 4.69) is 5.32 Å². The number of para-hydroxylation sites is 1. The summed E-state index contributed by atoms with van der Waals surface area (Å²) >= 11 is 1.67. The fraction of sp³-hybridized carbons (Fsp3) is 0.300. The highest BCUT2D eigenvalue weighted by molar-refractivity contribution is 7.98. The van der Waals surface area contributed by atoms with Crippen LogP contribution >= 0.6 is 11.8 Å². The quantitative estimate of drug-likeness (QED) is 0.467. The smallest absolute Gasteiger partial charge is 0.253 e. The van der Waals surface area contributed by atoms with Crippen LogP contribution in [0.1, 0.15) is 23.1 Å². The Morgan fingerprint density at radius 1 is 0.842 bits per heavy atom. The van der Waals surface area contributed by atoms with E-state index in [1.807, 2.05) is 60.9 Å². The van der Waals surface area contributed by atoms with Crippen molar-refractivity contribution < 1.29 is 18.8 Å². The van der Waals surface area contributed by atoms with Crippen LogP contribution in [0.15, 0.2) is 78.9 Å². The van der Waals surface area contributed by atoms with Crippen LogP contribution in [-0.4, -0.2) is 40.7 Å². The fourth-order valence-corrected chi connectivity index (χ4v) is 6.84. The van der Waals surface area contributed by atoms with Gasteiger partial charge in [-0.25, -0.2) is 4.39 Å². The number of halogens is 1. The van der Waals surface area contributed by atoms with Gasteiger partial charge in [-0.2, -0.15) is 11.8 Å². The van der Waals surface area contributed by atoms with Crippen molar-refractivity contribution in [2.45, 2.75) is 31.1 Å². The zero-order chi connectivity index (χ0) is 26.4. The summed E-state index contributed by atoms with van der Waals surface area (Å²) in [5, 5.41) is 3.55. The number of thioether (sulfide) groups is 1. The monoisotopic (exact) mass is 529 g/mol. The lowest BCUT2D eigenvalue weighted by molar-refractivity contribution is -0.143. The summed E-state index contributed by atoms with van der Waals surface area (Å²) in [4.78, 5) is 45.4. The molecule has 0 unspecified atom stereocenters. The van der Waals surface area contributed by atoms with Gasteiger partial charge in [-0.1, -0.05) is 60.7 Å². The number of rotatable bonds is 7. The van der Waals surface area contributed by atoms with Gasteiger partial charge in [0.2, 0.25) is 11.8 Å². The molecule has 3 amide bonds. The number of imide groups is 1. The Morgan fingerprint density at radius 3 is 2.24 bits per heavy atom. The third kappa shape index (κ3) is 3.77. The SMILES string of the molecule is CSCC[C@H]1N[C@]2(C(=O)N(Cc3ccc(F)cc3)c3ccccc32)[C@@H]2C(=O)N(Cc3ccccc3)C(=O)[C@@H]21. The number of nitrogens with zero attached hydrogens (tertiary/aromatic N) is 2. The van der Waals surface area contributed by atoms with E-state index >= 15 is 0 Å². The molecular formula is C30H28FN3O3S. The molecule has 0 saturated carbocycles. The number of hydrogen-bond acceptors (Lipinski definition) is 5. The fourth-order valence-electron chi connectivity index (χ4n) is 6.35. The van der Waals surface area contributed by atoms with E-state index in [1.54, 1.807) is 28.8 Å². The zero-order valence-electron chi connectivity index (χ0n) is 21.0. The number of fused-ring (bicyclic) bond motifs is 4. The van der Waals surface area contributed by atoms with Gasteiger partial charge in [-0.3, -0.25) is 24.6 Å². The van der Waals surface area contributed by atoms with Crippen molar-refractivity contribution in [2.75, 3.05) is 16.9 Å². The molecule has 4 atom stereocenters. The first-order valence-electron chi connectivity index (χ1n) is 12.8. The van der Waals surface area contributed by atoms with E-state index in [9.17, 15) is 18.8 Å². The van der Waals surface area contributed by atoms with Crippen molar-refractivity contribution in [3.8, 4) is 0 Å². The molecule has 3 aromatic carbocycles. The van der Waals surface area contributed by atoms with E-state index < -0.39 is 17.4 Å². The number of amides is 3. The minimum atomic E-state index is -1.33. The highest BCUT2D eigenvalue weighted by Gasteiger charge is 2.71. The summed E-state index contributed by atoms with van der Waals surface area (Å²) in [5.74, 6) is -1.78. The largest absolute Gasteiger partial charge is 0.306 e. The standard InChI is InChI=1S/C30H28FN3O3S/c1-38-16-15-23-25-26(28(36)34(27(25)35)18-19-7-3-2-4-8-19)30(32-23)22-9-5-6-10-24(22)33(29(30)37)17-20-11-13-21(31)14-12-20/h2-14,23,25-26,32H,15-18H2,1H3/t23-,25-,26+,30+/m1/s1. The summed E-state index contributed by atoms with van der Waals surface area (Å²) in [5.41, 5.74) is 1.74. The molecule has 3 aromatic rings. The van der Waals surface area contributed by atoms with Gasteiger partial charge >= 0.3 is 0 Å². The number of likely N-dealkylation sites (tertiary alicyclic amines) is 1. The van der Waals surface area contributed by atoms with Gasteiger partial charge in [0.15, 0.2) is 0 Å². The number of anilines is 1. The topological polar surface area (TPSA) is 69.7 Å². The zero-order valence-corrected chi connectivity index (χ0v) is 21.8. The minimum absolute atomic E-state index is 0.186. The van der Waals surface area contributed by atoms with Gasteiger partial charge in [-0.15, -0.1) is 0 Å². The number of carbonyl (C=O) groups excluding carboxylic acids is 3. The number of nitrogens with one attached hydrogen (secondary N) is 1. The normalized spacial score (nSPS) is 25.9. The maximum Gasteiger partial charge on any atom is 0.253 e. The van der Waals surface area contributed by atoms with Crippen molar-refractivity contribution in [1.82, 2.24) is 10.2 Å². The molecule has 194 valence electrons. The second-order valence-corrected chi connectivity index (χ2v) is 11.1. The average Bonchev–Trinajstić information content (AvgIpc) is 3.49. The number of hydrogen-bond donors (Lipinski definition) is 1. The van der Waals surface area contributed by atoms with E-state index in [4.69, 9.17) is 0 Å². The van der Waals surface area contributed by atoms with Gasteiger partial charge in [0, 0.05) is 17.3 Å². The van der Waals surface area contributed by atoms with Gasteiger partial charge < -0.3 is 4.90 Å². The molecule has 1 spiro atoms. The van der Waals surface area contributed by atoms with Crippen molar-refractivity contribution in [3.05, 3.63) is 101 Å².